The Kier molecular flexibility index (Phi) is 2.31. The minimum atomic E-state index is 0.816. The molecule has 0 amide bonds. The van der Waals surface area contributed by atoms with Crippen molar-refractivity contribution in [3.8, 4) is 0 Å². The molecule has 13 heavy (non-hydrogen) atoms. The van der Waals surface area contributed by atoms with Gasteiger partial charge in [0.05, 0.1) is 29.7 Å². The fourth-order valence-corrected chi connectivity index (χ4v) is 1.76. The summed E-state index contributed by atoms with van der Waals surface area (Å²) in [5, 5.41) is 3.24. The van der Waals surface area contributed by atoms with Gasteiger partial charge >= 0.3 is 0 Å². The molecule has 0 saturated carbocycles. The van der Waals surface area contributed by atoms with Gasteiger partial charge < -0.3 is 9.73 Å². The van der Waals surface area contributed by atoms with Crippen LogP contribution in [0, 0.1) is 6.92 Å². The second kappa shape index (κ2) is 3.62. The van der Waals surface area contributed by atoms with Gasteiger partial charge in [0, 0.05) is 4.88 Å². The predicted octanol–water partition coefficient (Wildman–Crippen LogP) is 2.66. The van der Waals surface area contributed by atoms with Crippen molar-refractivity contribution in [3.63, 3.8) is 0 Å². The van der Waals surface area contributed by atoms with E-state index in [-0.39, 0.29) is 0 Å². The maximum Gasteiger partial charge on any atom is 0.113 e. The van der Waals surface area contributed by atoms with E-state index in [0.29, 0.717) is 0 Å². The molecule has 0 saturated heterocycles. The summed E-state index contributed by atoms with van der Waals surface area (Å²) in [5.41, 5.74) is 3.97. The third-order valence-corrected chi connectivity index (χ3v) is 2.75. The lowest BCUT2D eigenvalue weighted by Gasteiger charge is -2.00. The second-order valence-electron chi connectivity index (χ2n) is 2.73. The Balaban J connectivity index is 1.97. The highest BCUT2D eigenvalue weighted by Crippen LogP contribution is 2.15. The van der Waals surface area contributed by atoms with Gasteiger partial charge in [-0.05, 0) is 13.0 Å². The Hall–Kier alpha value is -1.29. The summed E-state index contributed by atoms with van der Waals surface area (Å²) in [4.78, 5) is 5.44. The van der Waals surface area contributed by atoms with Crippen LogP contribution < -0.4 is 5.32 Å². The topological polar surface area (TPSA) is 38.1 Å². The molecule has 0 atom stereocenters. The van der Waals surface area contributed by atoms with Gasteiger partial charge in [-0.2, -0.15) is 0 Å². The summed E-state index contributed by atoms with van der Waals surface area (Å²) in [6.45, 7) is 2.83. The molecule has 0 fully saturated rings. The average Bonchev–Trinajstić information content (AvgIpc) is 2.72. The molecule has 2 aromatic rings. The fourth-order valence-electron chi connectivity index (χ4n) is 1.04. The van der Waals surface area contributed by atoms with E-state index in [1.54, 1.807) is 23.9 Å². The van der Waals surface area contributed by atoms with Crippen molar-refractivity contribution in [2.45, 2.75) is 13.5 Å². The molecule has 1 N–H and O–H groups in total. The highest BCUT2D eigenvalue weighted by molar-refractivity contribution is 7.09. The predicted molar refractivity (Wildman–Crippen MR) is 52.9 cm³/mol. The number of anilines is 1. The molecule has 2 heterocycles. The maximum atomic E-state index is 4.94. The van der Waals surface area contributed by atoms with E-state index < -0.39 is 0 Å². The van der Waals surface area contributed by atoms with E-state index in [2.05, 4.69) is 10.3 Å². The van der Waals surface area contributed by atoms with Gasteiger partial charge in [0.15, 0.2) is 0 Å². The summed E-state index contributed by atoms with van der Waals surface area (Å²) < 4.78 is 4.94. The van der Waals surface area contributed by atoms with Gasteiger partial charge in [0.1, 0.15) is 6.26 Å². The number of nitrogens with zero attached hydrogens (tertiary/aromatic N) is 1. The molecule has 2 aromatic heterocycles. The van der Waals surface area contributed by atoms with E-state index in [0.717, 1.165) is 17.9 Å². The molecule has 0 aliphatic rings. The van der Waals surface area contributed by atoms with Crippen LogP contribution in [0.5, 0.6) is 0 Å². The van der Waals surface area contributed by atoms with Crippen LogP contribution in [0.15, 0.2) is 28.5 Å². The number of aryl methyl sites for hydroxylation is 1. The maximum absolute atomic E-state index is 4.94. The van der Waals surface area contributed by atoms with Crippen molar-refractivity contribution in [3.05, 3.63) is 34.7 Å². The van der Waals surface area contributed by atoms with Gasteiger partial charge in [-0.25, -0.2) is 4.98 Å². The molecule has 3 nitrogen and oxygen atoms in total. The molecule has 0 bridgehead atoms. The number of hydrogen-bond acceptors (Lipinski definition) is 4. The zero-order chi connectivity index (χ0) is 9.10. The lowest BCUT2D eigenvalue weighted by Crippen LogP contribution is -1.97. The molecule has 2 rings (SSSR count). The van der Waals surface area contributed by atoms with Crippen molar-refractivity contribution in [2.75, 3.05) is 5.32 Å². The summed E-state index contributed by atoms with van der Waals surface area (Å²) >= 11 is 1.67. The van der Waals surface area contributed by atoms with Gasteiger partial charge in [-0.3, -0.25) is 0 Å². The summed E-state index contributed by atoms with van der Waals surface area (Å²) in [5.74, 6) is 0. The Morgan fingerprint density at radius 1 is 1.62 bits per heavy atom. The standard InChI is InChI=1S/C9H10N2OS/c1-7-9(13-6-11-7)4-10-8-2-3-12-5-8/h2-3,5-6,10H,4H2,1H3. The molecule has 0 radical (unpaired) electrons. The van der Waals surface area contributed by atoms with E-state index in [9.17, 15) is 0 Å². The van der Waals surface area contributed by atoms with Crippen LogP contribution in [0.25, 0.3) is 0 Å². The van der Waals surface area contributed by atoms with Crippen LogP contribution in [0.4, 0.5) is 5.69 Å². The van der Waals surface area contributed by atoms with E-state index in [1.165, 1.54) is 4.88 Å². The van der Waals surface area contributed by atoms with Crippen LogP contribution in [0.1, 0.15) is 10.6 Å². The number of nitrogens with one attached hydrogen (secondary N) is 1. The number of aromatic nitrogens is 1. The molecule has 0 unspecified atom stereocenters. The Labute approximate surface area is 80.4 Å². The largest absolute Gasteiger partial charge is 0.470 e. The zero-order valence-electron chi connectivity index (χ0n) is 7.28. The SMILES string of the molecule is Cc1ncsc1CNc1ccoc1. The van der Waals surface area contributed by atoms with E-state index in [1.807, 2.05) is 18.5 Å². The lowest BCUT2D eigenvalue weighted by molar-refractivity contribution is 0.568. The van der Waals surface area contributed by atoms with Crippen molar-refractivity contribution >= 4 is 17.0 Å². The highest BCUT2D eigenvalue weighted by Gasteiger charge is 2.00. The van der Waals surface area contributed by atoms with Crippen LogP contribution >= 0.6 is 11.3 Å². The Morgan fingerprint density at radius 3 is 3.15 bits per heavy atom. The number of thiazole rings is 1. The number of rotatable bonds is 3. The smallest absolute Gasteiger partial charge is 0.113 e. The van der Waals surface area contributed by atoms with Crippen molar-refractivity contribution in [1.29, 1.82) is 0 Å². The van der Waals surface area contributed by atoms with Crippen molar-refractivity contribution in [2.24, 2.45) is 0 Å². The number of hydrogen-bond donors (Lipinski definition) is 1. The minimum absolute atomic E-state index is 0.816. The first-order chi connectivity index (χ1) is 6.36. The summed E-state index contributed by atoms with van der Waals surface area (Å²) in [7, 11) is 0. The van der Waals surface area contributed by atoms with Gasteiger partial charge in [0.2, 0.25) is 0 Å². The second-order valence-corrected chi connectivity index (χ2v) is 3.67. The summed E-state index contributed by atoms with van der Waals surface area (Å²) in [6, 6.07) is 1.90. The highest BCUT2D eigenvalue weighted by atomic mass is 32.1. The van der Waals surface area contributed by atoms with E-state index >= 15 is 0 Å². The monoisotopic (exact) mass is 194 g/mol. The zero-order valence-corrected chi connectivity index (χ0v) is 8.10. The molecule has 0 spiro atoms. The van der Waals surface area contributed by atoms with Crippen LogP contribution in [0.3, 0.4) is 0 Å². The molecule has 0 aromatic carbocycles. The van der Waals surface area contributed by atoms with Gasteiger partial charge in [0.25, 0.3) is 0 Å². The molecule has 0 aliphatic carbocycles. The molecule has 4 heteroatoms. The molecular weight excluding hydrogens is 184 g/mol. The van der Waals surface area contributed by atoms with Crippen molar-refractivity contribution in [1.82, 2.24) is 4.98 Å². The van der Waals surface area contributed by atoms with Crippen LogP contribution in [-0.4, -0.2) is 4.98 Å². The molecular formula is C9H10N2OS. The summed E-state index contributed by atoms with van der Waals surface area (Å²) in [6.07, 6.45) is 3.35. The number of furan rings is 1. The van der Waals surface area contributed by atoms with Crippen LogP contribution in [-0.2, 0) is 6.54 Å². The van der Waals surface area contributed by atoms with Crippen molar-refractivity contribution < 1.29 is 4.42 Å². The van der Waals surface area contributed by atoms with E-state index in [4.69, 9.17) is 4.42 Å². The lowest BCUT2D eigenvalue weighted by atomic mass is 10.4. The van der Waals surface area contributed by atoms with Gasteiger partial charge in [-0.15, -0.1) is 11.3 Å². The fraction of sp³-hybridized carbons (Fsp3) is 0.222. The Bertz CT molecular complexity index is 367. The minimum Gasteiger partial charge on any atom is -0.470 e. The molecule has 0 aliphatic heterocycles. The van der Waals surface area contributed by atoms with Gasteiger partial charge in [-0.1, -0.05) is 0 Å². The average molecular weight is 194 g/mol. The first-order valence-electron chi connectivity index (χ1n) is 4.01. The van der Waals surface area contributed by atoms with Crippen LogP contribution in [0.2, 0.25) is 0 Å². The first-order valence-corrected chi connectivity index (χ1v) is 4.89. The third kappa shape index (κ3) is 1.89. The third-order valence-electron chi connectivity index (χ3n) is 1.82. The quantitative estimate of drug-likeness (QED) is 0.816. The molecule has 68 valence electrons. The normalized spacial score (nSPS) is 10.2. The first kappa shape index (κ1) is 8.31. The Morgan fingerprint density at radius 2 is 2.54 bits per heavy atom.